The van der Waals surface area contributed by atoms with E-state index in [0.717, 1.165) is 5.56 Å². The summed E-state index contributed by atoms with van der Waals surface area (Å²) in [5, 5.41) is 9.80. The third kappa shape index (κ3) is 7.03. The summed E-state index contributed by atoms with van der Waals surface area (Å²) in [7, 11) is 2.02. The van der Waals surface area contributed by atoms with Crippen LogP contribution in [0.1, 0.15) is 25.0 Å². The second-order valence-corrected chi connectivity index (χ2v) is 11.4. The van der Waals surface area contributed by atoms with Gasteiger partial charge in [0.15, 0.2) is 0 Å². The molecule has 2 heterocycles. The first-order valence-corrected chi connectivity index (χ1v) is 13.2. The minimum Gasteiger partial charge on any atom is -0.487 e. The van der Waals surface area contributed by atoms with E-state index in [1.807, 2.05) is 51.3 Å². The summed E-state index contributed by atoms with van der Waals surface area (Å²) in [6, 6.07) is 8.36. The van der Waals surface area contributed by atoms with E-state index in [1.165, 1.54) is 4.31 Å². The van der Waals surface area contributed by atoms with E-state index in [0.29, 0.717) is 30.9 Å². The van der Waals surface area contributed by atoms with Crippen molar-refractivity contribution < 1.29 is 18.3 Å². The van der Waals surface area contributed by atoms with E-state index < -0.39 is 16.1 Å². The lowest BCUT2D eigenvalue weighted by molar-refractivity contribution is 0.0733. The number of rotatable bonds is 7. The molecule has 1 aliphatic rings. The highest BCUT2D eigenvalue weighted by atomic mass is 32.2. The van der Waals surface area contributed by atoms with Crippen LogP contribution < -0.4 is 4.74 Å². The molecule has 0 unspecified atom stereocenters. The first kappa shape index (κ1) is 27.1. The fourth-order valence-electron chi connectivity index (χ4n) is 4.00. The minimum atomic E-state index is -3.87. The fourth-order valence-corrected chi connectivity index (χ4v) is 5.82. The number of aromatic nitrogens is 1. The highest BCUT2D eigenvalue weighted by Gasteiger charge is 2.38. The predicted octanol–water partition coefficient (Wildman–Crippen LogP) is 1.90. The third-order valence-corrected chi connectivity index (χ3v) is 7.98. The fraction of sp³-hybridized carbons (Fsp3) is 0.500. The summed E-state index contributed by atoms with van der Waals surface area (Å²) in [5.41, 5.74) is 1.78. The number of ether oxygens (including phenoxy) is 1. The second kappa shape index (κ2) is 12.0. The SMILES string of the molecule is C[C@H]1CN([C@@H](C)CO)S(=O)(=O)c2ccc(C#CCN(C)C)cc2O[C@H]1CN(C)Cc1cccnc1. The van der Waals surface area contributed by atoms with Crippen LogP contribution in [0.3, 0.4) is 0 Å². The average molecular weight is 501 g/mol. The Morgan fingerprint density at radius 3 is 2.71 bits per heavy atom. The second-order valence-electron chi connectivity index (χ2n) is 9.50. The van der Waals surface area contributed by atoms with E-state index >= 15 is 0 Å². The van der Waals surface area contributed by atoms with Gasteiger partial charge in [0.05, 0.1) is 13.2 Å². The van der Waals surface area contributed by atoms with Crippen LogP contribution in [-0.4, -0.2) is 92.1 Å². The zero-order chi connectivity index (χ0) is 25.6. The maximum absolute atomic E-state index is 13.6. The molecule has 0 saturated heterocycles. The molecule has 1 aromatic carbocycles. The van der Waals surface area contributed by atoms with Gasteiger partial charge in [-0.15, -0.1) is 0 Å². The van der Waals surface area contributed by atoms with Gasteiger partial charge in [0.25, 0.3) is 0 Å². The van der Waals surface area contributed by atoms with Crippen molar-refractivity contribution in [1.82, 2.24) is 19.1 Å². The van der Waals surface area contributed by atoms with E-state index in [2.05, 4.69) is 21.7 Å². The van der Waals surface area contributed by atoms with E-state index in [9.17, 15) is 13.5 Å². The molecule has 8 nitrogen and oxygen atoms in total. The number of aliphatic hydroxyl groups excluding tert-OH is 1. The summed E-state index contributed by atoms with van der Waals surface area (Å²) in [5.74, 6) is 6.36. The molecular weight excluding hydrogens is 464 g/mol. The molecule has 0 saturated carbocycles. The Bertz CT molecular complexity index is 1140. The molecule has 1 aromatic heterocycles. The molecule has 9 heteroatoms. The Balaban J connectivity index is 1.97. The lowest BCUT2D eigenvalue weighted by Crippen LogP contribution is -2.49. The Kier molecular flexibility index (Phi) is 9.27. The smallest absolute Gasteiger partial charge is 0.247 e. The zero-order valence-electron chi connectivity index (χ0n) is 21.2. The van der Waals surface area contributed by atoms with Crippen LogP contribution in [-0.2, 0) is 16.6 Å². The zero-order valence-corrected chi connectivity index (χ0v) is 22.0. The number of likely N-dealkylation sites (N-methyl/N-ethyl adjacent to an activating group) is 1. The van der Waals surface area contributed by atoms with Gasteiger partial charge in [0.2, 0.25) is 10.0 Å². The van der Waals surface area contributed by atoms with Gasteiger partial charge in [-0.2, -0.15) is 4.31 Å². The highest BCUT2D eigenvalue weighted by Crippen LogP contribution is 2.34. The van der Waals surface area contributed by atoms with Crippen LogP contribution in [0, 0.1) is 17.8 Å². The number of aliphatic hydroxyl groups is 1. The molecular formula is C26H36N4O4S. The predicted molar refractivity (Wildman–Crippen MR) is 136 cm³/mol. The molecule has 0 bridgehead atoms. The molecule has 1 N–H and O–H groups in total. The van der Waals surface area contributed by atoms with Crippen molar-refractivity contribution in [2.75, 3.05) is 47.4 Å². The topological polar surface area (TPSA) is 86.2 Å². The Hall–Kier alpha value is -2.48. The van der Waals surface area contributed by atoms with Crippen LogP contribution in [0.5, 0.6) is 5.75 Å². The van der Waals surface area contributed by atoms with Gasteiger partial charge < -0.3 is 9.84 Å². The summed E-state index contributed by atoms with van der Waals surface area (Å²) >= 11 is 0. The van der Waals surface area contributed by atoms with Crippen molar-refractivity contribution in [1.29, 1.82) is 0 Å². The molecule has 3 rings (SSSR count). The van der Waals surface area contributed by atoms with Crippen LogP contribution in [0.4, 0.5) is 0 Å². The summed E-state index contributed by atoms with van der Waals surface area (Å²) in [6.45, 7) is 5.57. The standard InChI is InChI=1S/C26H36N4O4S/c1-20-16-30(21(2)19-31)35(32,33)26-11-10-22(9-7-13-28(3)4)14-24(26)34-25(20)18-29(5)17-23-8-6-12-27-15-23/h6,8,10-12,14-15,20-21,25,31H,13,16-19H2,1-5H3/t20-,21-,25-/m0/s1. The third-order valence-electron chi connectivity index (χ3n) is 5.96. The Morgan fingerprint density at radius 2 is 2.06 bits per heavy atom. The number of nitrogens with zero attached hydrogens (tertiary/aromatic N) is 4. The Morgan fingerprint density at radius 1 is 1.29 bits per heavy atom. The van der Waals surface area contributed by atoms with Gasteiger partial charge in [-0.3, -0.25) is 14.8 Å². The van der Waals surface area contributed by atoms with Gasteiger partial charge in [0, 0.05) is 49.6 Å². The lowest BCUT2D eigenvalue weighted by Gasteiger charge is -2.37. The number of hydrogen-bond donors (Lipinski definition) is 1. The van der Waals surface area contributed by atoms with Gasteiger partial charge >= 0.3 is 0 Å². The average Bonchev–Trinajstić information content (AvgIpc) is 2.81. The maximum atomic E-state index is 13.6. The van der Waals surface area contributed by atoms with Crippen LogP contribution in [0.25, 0.3) is 0 Å². The van der Waals surface area contributed by atoms with Crippen LogP contribution >= 0.6 is 0 Å². The highest BCUT2D eigenvalue weighted by molar-refractivity contribution is 7.89. The summed E-state index contributed by atoms with van der Waals surface area (Å²) in [6.07, 6.45) is 3.31. The van der Waals surface area contributed by atoms with Gasteiger partial charge in [-0.05, 0) is 57.9 Å². The molecule has 2 aromatic rings. The molecule has 35 heavy (non-hydrogen) atoms. The first-order valence-electron chi connectivity index (χ1n) is 11.8. The molecule has 0 spiro atoms. The largest absolute Gasteiger partial charge is 0.487 e. The van der Waals surface area contributed by atoms with Crippen molar-refractivity contribution in [3.05, 3.63) is 53.9 Å². The monoisotopic (exact) mass is 500 g/mol. The minimum absolute atomic E-state index is 0.0998. The molecule has 0 fully saturated rings. The molecule has 190 valence electrons. The first-order chi connectivity index (χ1) is 16.6. The molecule has 0 amide bonds. The van der Waals surface area contributed by atoms with Crippen molar-refractivity contribution in [3.8, 4) is 17.6 Å². The van der Waals surface area contributed by atoms with Crippen molar-refractivity contribution in [2.24, 2.45) is 5.92 Å². The number of benzene rings is 1. The number of pyridine rings is 1. The number of fused-ring (bicyclic) bond motifs is 1. The Labute approximate surface area is 209 Å². The van der Waals surface area contributed by atoms with E-state index in [-0.39, 0.29) is 30.1 Å². The number of hydrogen-bond acceptors (Lipinski definition) is 7. The normalized spacial score (nSPS) is 20.8. The van der Waals surface area contributed by atoms with Gasteiger partial charge in [0.1, 0.15) is 16.7 Å². The van der Waals surface area contributed by atoms with Gasteiger partial charge in [-0.25, -0.2) is 8.42 Å². The van der Waals surface area contributed by atoms with Crippen LogP contribution in [0.15, 0.2) is 47.6 Å². The summed E-state index contributed by atoms with van der Waals surface area (Å²) < 4.78 is 35.0. The lowest BCUT2D eigenvalue weighted by atomic mass is 10.0. The number of sulfonamides is 1. The van der Waals surface area contributed by atoms with E-state index in [4.69, 9.17) is 4.74 Å². The quantitative estimate of drug-likeness (QED) is 0.581. The van der Waals surface area contributed by atoms with Crippen molar-refractivity contribution >= 4 is 10.0 Å². The molecule has 0 aliphatic carbocycles. The van der Waals surface area contributed by atoms with Gasteiger partial charge in [-0.1, -0.05) is 24.8 Å². The van der Waals surface area contributed by atoms with Crippen molar-refractivity contribution in [3.63, 3.8) is 0 Å². The maximum Gasteiger partial charge on any atom is 0.247 e. The van der Waals surface area contributed by atoms with Crippen LogP contribution in [0.2, 0.25) is 0 Å². The summed E-state index contributed by atoms with van der Waals surface area (Å²) in [4.78, 5) is 8.40. The molecule has 0 radical (unpaired) electrons. The van der Waals surface area contributed by atoms with Crippen molar-refractivity contribution in [2.45, 2.75) is 37.4 Å². The molecule has 1 aliphatic heterocycles. The van der Waals surface area contributed by atoms with E-state index in [1.54, 1.807) is 31.3 Å². The molecule has 3 atom stereocenters.